The molecule has 2 aromatic rings. The second-order valence-corrected chi connectivity index (χ2v) is 4.44. The third-order valence-corrected chi connectivity index (χ3v) is 3.14. The van der Waals surface area contributed by atoms with E-state index in [-0.39, 0.29) is 5.78 Å². The molecular weight excluding hydrogens is 224 g/mol. The zero-order valence-corrected chi connectivity index (χ0v) is 10.3. The first kappa shape index (κ1) is 12.5. The molecule has 0 spiro atoms. The summed E-state index contributed by atoms with van der Waals surface area (Å²) in [7, 11) is 0. The lowest BCUT2D eigenvalue weighted by Gasteiger charge is -2.26. The Labute approximate surface area is 107 Å². The van der Waals surface area contributed by atoms with E-state index in [1.807, 2.05) is 48.5 Å². The van der Waals surface area contributed by atoms with Crippen LogP contribution < -0.4 is 0 Å². The van der Waals surface area contributed by atoms with Crippen LogP contribution in [0.1, 0.15) is 18.1 Å². The maximum absolute atomic E-state index is 11.8. The highest BCUT2D eigenvalue weighted by atomic mass is 16.3. The van der Waals surface area contributed by atoms with Gasteiger partial charge in [-0.1, -0.05) is 60.7 Å². The van der Waals surface area contributed by atoms with Crippen molar-refractivity contribution in [3.63, 3.8) is 0 Å². The van der Waals surface area contributed by atoms with Crippen molar-refractivity contribution in [3.8, 4) is 0 Å². The molecule has 2 aromatic carbocycles. The van der Waals surface area contributed by atoms with Crippen molar-refractivity contribution in [1.29, 1.82) is 0 Å². The van der Waals surface area contributed by atoms with Crippen LogP contribution in [0.2, 0.25) is 0 Å². The summed E-state index contributed by atoms with van der Waals surface area (Å²) in [6, 6.07) is 18.6. The summed E-state index contributed by atoms with van der Waals surface area (Å²) in [5.41, 5.74) is 0.142. The minimum Gasteiger partial charge on any atom is -0.377 e. The Balaban J connectivity index is 2.37. The quantitative estimate of drug-likeness (QED) is 0.892. The van der Waals surface area contributed by atoms with E-state index in [1.54, 1.807) is 12.1 Å². The molecule has 18 heavy (non-hydrogen) atoms. The minimum atomic E-state index is -1.44. The van der Waals surface area contributed by atoms with Gasteiger partial charge in [-0.3, -0.25) is 4.79 Å². The van der Waals surface area contributed by atoms with Crippen molar-refractivity contribution in [2.45, 2.75) is 18.9 Å². The third kappa shape index (κ3) is 2.49. The number of benzene rings is 2. The van der Waals surface area contributed by atoms with E-state index in [9.17, 15) is 9.90 Å². The number of Topliss-reactive ketones (excluding diaryl/α,β-unsaturated/α-hetero) is 1. The van der Waals surface area contributed by atoms with Gasteiger partial charge in [-0.2, -0.15) is 0 Å². The average Bonchev–Trinajstić information content (AvgIpc) is 2.40. The van der Waals surface area contributed by atoms with E-state index in [0.717, 1.165) is 5.56 Å². The summed E-state index contributed by atoms with van der Waals surface area (Å²) in [5, 5.41) is 10.7. The van der Waals surface area contributed by atoms with Crippen molar-refractivity contribution in [2.24, 2.45) is 0 Å². The van der Waals surface area contributed by atoms with Crippen LogP contribution in [0.3, 0.4) is 0 Å². The highest BCUT2D eigenvalue weighted by Gasteiger charge is 2.34. The Morgan fingerprint density at radius 2 is 1.50 bits per heavy atom. The zero-order chi connectivity index (χ0) is 13.0. The van der Waals surface area contributed by atoms with Gasteiger partial charge in [0.05, 0.1) is 0 Å². The first-order valence-corrected chi connectivity index (χ1v) is 5.96. The molecule has 2 rings (SSSR count). The molecule has 2 heteroatoms. The van der Waals surface area contributed by atoms with Crippen LogP contribution in [0.4, 0.5) is 0 Å². The fraction of sp³-hybridized carbons (Fsp3) is 0.188. The smallest absolute Gasteiger partial charge is 0.166 e. The number of carbonyl (C=O) groups excluding carboxylic acids is 1. The van der Waals surface area contributed by atoms with E-state index >= 15 is 0 Å². The molecule has 0 bridgehead atoms. The summed E-state index contributed by atoms with van der Waals surface area (Å²) in [6.45, 7) is 1.43. The number of aliphatic hydroxyl groups is 1. The van der Waals surface area contributed by atoms with Crippen LogP contribution in [0.25, 0.3) is 0 Å². The second kappa shape index (κ2) is 5.15. The Hall–Kier alpha value is -1.93. The van der Waals surface area contributed by atoms with Crippen LogP contribution in [-0.2, 0) is 16.8 Å². The van der Waals surface area contributed by atoms with Gasteiger partial charge in [0.1, 0.15) is 0 Å². The van der Waals surface area contributed by atoms with Crippen LogP contribution in [0, 0.1) is 0 Å². The van der Waals surface area contributed by atoms with Crippen molar-refractivity contribution in [2.75, 3.05) is 0 Å². The van der Waals surface area contributed by atoms with E-state index < -0.39 is 5.60 Å². The van der Waals surface area contributed by atoms with Crippen molar-refractivity contribution >= 4 is 5.78 Å². The molecule has 0 saturated carbocycles. The number of rotatable bonds is 4. The molecule has 0 fully saturated rings. The Morgan fingerprint density at radius 3 is 2.00 bits per heavy atom. The molecule has 1 N–H and O–H groups in total. The van der Waals surface area contributed by atoms with Gasteiger partial charge in [0.15, 0.2) is 11.4 Å². The standard InChI is InChI=1S/C16H16O2/c1-13(17)16(18,15-10-6-3-7-11-15)12-14-8-4-2-5-9-14/h2-11,18H,12H2,1H3/t16-/m0/s1. The molecule has 0 aliphatic rings. The highest BCUT2D eigenvalue weighted by molar-refractivity contribution is 5.86. The minimum absolute atomic E-state index is 0.238. The SMILES string of the molecule is CC(=O)[C@@](O)(Cc1ccccc1)c1ccccc1. The summed E-state index contributed by atoms with van der Waals surface area (Å²) >= 11 is 0. The fourth-order valence-electron chi connectivity index (χ4n) is 2.03. The van der Waals surface area contributed by atoms with Gasteiger partial charge < -0.3 is 5.11 Å². The zero-order valence-electron chi connectivity index (χ0n) is 10.3. The normalized spacial score (nSPS) is 13.9. The van der Waals surface area contributed by atoms with Gasteiger partial charge in [0, 0.05) is 6.42 Å². The summed E-state index contributed by atoms with van der Waals surface area (Å²) in [5.74, 6) is -0.238. The third-order valence-electron chi connectivity index (χ3n) is 3.14. The predicted octanol–water partition coefficient (Wildman–Crippen LogP) is 2.71. The van der Waals surface area contributed by atoms with Crippen molar-refractivity contribution in [1.82, 2.24) is 0 Å². The molecule has 1 atom stereocenters. The van der Waals surface area contributed by atoms with Gasteiger partial charge in [0.2, 0.25) is 0 Å². The van der Waals surface area contributed by atoms with Gasteiger partial charge >= 0.3 is 0 Å². The van der Waals surface area contributed by atoms with E-state index in [1.165, 1.54) is 6.92 Å². The highest BCUT2D eigenvalue weighted by Crippen LogP contribution is 2.26. The topological polar surface area (TPSA) is 37.3 Å². The summed E-state index contributed by atoms with van der Waals surface area (Å²) in [4.78, 5) is 11.8. The lowest BCUT2D eigenvalue weighted by molar-refractivity contribution is -0.136. The molecule has 0 amide bonds. The molecular formula is C16H16O2. The molecule has 92 valence electrons. The number of ketones is 1. The molecule has 0 radical (unpaired) electrons. The Kier molecular flexibility index (Phi) is 3.58. The lowest BCUT2D eigenvalue weighted by Crippen LogP contribution is -2.36. The lowest BCUT2D eigenvalue weighted by atomic mass is 9.84. The molecule has 0 heterocycles. The largest absolute Gasteiger partial charge is 0.377 e. The van der Waals surface area contributed by atoms with Crippen molar-refractivity contribution in [3.05, 3.63) is 71.8 Å². The van der Waals surface area contributed by atoms with Crippen LogP contribution >= 0.6 is 0 Å². The molecule has 0 aliphatic carbocycles. The first-order chi connectivity index (χ1) is 8.63. The maximum Gasteiger partial charge on any atom is 0.166 e. The first-order valence-electron chi connectivity index (χ1n) is 5.96. The van der Waals surface area contributed by atoms with E-state index in [2.05, 4.69) is 0 Å². The van der Waals surface area contributed by atoms with Gasteiger partial charge in [-0.25, -0.2) is 0 Å². The Bertz CT molecular complexity index is 519. The van der Waals surface area contributed by atoms with Crippen LogP contribution in [-0.4, -0.2) is 10.9 Å². The summed E-state index contributed by atoms with van der Waals surface area (Å²) in [6.07, 6.45) is 0.299. The maximum atomic E-state index is 11.8. The number of carbonyl (C=O) groups is 1. The monoisotopic (exact) mass is 240 g/mol. The van der Waals surface area contributed by atoms with Gasteiger partial charge in [-0.15, -0.1) is 0 Å². The predicted molar refractivity (Wildman–Crippen MR) is 71.2 cm³/mol. The van der Waals surface area contributed by atoms with Gasteiger partial charge in [-0.05, 0) is 18.1 Å². The molecule has 2 nitrogen and oxygen atoms in total. The molecule has 0 aromatic heterocycles. The summed E-state index contributed by atoms with van der Waals surface area (Å²) < 4.78 is 0. The second-order valence-electron chi connectivity index (χ2n) is 4.44. The van der Waals surface area contributed by atoms with Crippen LogP contribution in [0.15, 0.2) is 60.7 Å². The molecule has 0 unspecified atom stereocenters. The van der Waals surface area contributed by atoms with E-state index in [4.69, 9.17) is 0 Å². The molecule has 0 saturated heterocycles. The molecule has 0 aliphatic heterocycles. The Morgan fingerprint density at radius 1 is 1.00 bits per heavy atom. The van der Waals surface area contributed by atoms with Crippen molar-refractivity contribution < 1.29 is 9.90 Å². The van der Waals surface area contributed by atoms with Gasteiger partial charge in [0.25, 0.3) is 0 Å². The van der Waals surface area contributed by atoms with Crippen LogP contribution in [0.5, 0.6) is 0 Å². The average molecular weight is 240 g/mol. The number of hydrogen-bond donors (Lipinski definition) is 1. The van der Waals surface area contributed by atoms with E-state index in [0.29, 0.717) is 12.0 Å². The fourth-order valence-corrected chi connectivity index (χ4v) is 2.03. The number of hydrogen-bond acceptors (Lipinski definition) is 2.